The van der Waals surface area contributed by atoms with Crippen molar-refractivity contribution in [3.8, 4) is 11.5 Å². The van der Waals surface area contributed by atoms with Crippen LogP contribution in [0.15, 0.2) is 60.0 Å². The summed E-state index contributed by atoms with van der Waals surface area (Å²) in [6.07, 6.45) is 1.45. The van der Waals surface area contributed by atoms with Crippen molar-refractivity contribution >= 4 is 42.8 Å². The number of ether oxygens (including phenoxy) is 1. The largest absolute Gasteiger partial charge is 0.487 e. The topological polar surface area (TPSA) is 150 Å². The number of nitrogens with zero attached hydrogens (tertiary/aromatic N) is 1. The van der Waals surface area contributed by atoms with E-state index in [1.54, 1.807) is 36.4 Å². The highest BCUT2D eigenvalue weighted by Crippen LogP contribution is 2.33. The summed E-state index contributed by atoms with van der Waals surface area (Å²) in [5.74, 6) is -2.50. The van der Waals surface area contributed by atoms with Crippen LogP contribution < -0.4 is 8.92 Å². The number of fused-ring (bicyclic) bond motifs is 1. The summed E-state index contributed by atoms with van der Waals surface area (Å²) in [5, 5.41) is 12.5. The van der Waals surface area contributed by atoms with Crippen LogP contribution in [-0.4, -0.2) is 38.7 Å². The van der Waals surface area contributed by atoms with Crippen molar-refractivity contribution in [3.63, 3.8) is 0 Å². The van der Waals surface area contributed by atoms with Crippen molar-refractivity contribution in [2.24, 2.45) is 0 Å². The molecule has 0 spiro atoms. The molecule has 0 unspecified atom stereocenters. The molecule has 180 valence electrons. The minimum Gasteiger partial charge on any atom is -0.487 e. The lowest BCUT2D eigenvalue weighted by atomic mass is 10.0. The van der Waals surface area contributed by atoms with Crippen molar-refractivity contribution in [3.05, 3.63) is 76.6 Å². The Hall–Kier alpha value is -3.55. The maximum absolute atomic E-state index is 13.9. The van der Waals surface area contributed by atoms with Gasteiger partial charge in [0.05, 0.1) is 17.3 Å². The summed E-state index contributed by atoms with van der Waals surface area (Å²) in [5.41, 5.74) is -0.121. The number of hydrogen-bond acceptors (Lipinski definition) is 8. The van der Waals surface area contributed by atoms with Crippen LogP contribution in [0.3, 0.4) is 0 Å². The van der Waals surface area contributed by atoms with E-state index in [1.165, 1.54) is 6.07 Å². The fourth-order valence-corrected chi connectivity index (χ4v) is 4.66. The van der Waals surface area contributed by atoms with E-state index in [0.717, 1.165) is 10.9 Å². The molecule has 0 fully saturated rings. The SMILES string of the molecule is C=Cc1ccc(OS(=O)(=O)CCCOc2cc(F)c(S(=O)(=O)O)cc2[N+](=O)[O-])c2ccccc12. The van der Waals surface area contributed by atoms with Gasteiger partial charge < -0.3 is 8.92 Å². The van der Waals surface area contributed by atoms with Gasteiger partial charge in [0.1, 0.15) is 16.5 Å². The van der Waals surface area contributed by atoms with E-state index in [2.05, 4.69) is 6.58 Å². The summed E-state index contributed by atoms with van der Waals surface area (Å²) in [7, 11) is -9.12. The Labute approximate surface area is 194 Å². The van der Waals surface area contributed by atoms with Crippen LogP contribution in [0.25, 0.3) is 16.8 Å². The average molecular weight is 512 g/mol. The van der Waals surface area contributed by atoms with Gasteiger partial charge in [-0.15, -0.1) is 0 Å². The Kier molecular flexibility index (Phi) is 7.19. The number of halogens is 1. The second-order valence-electron chi connectivity index (χ2n) is 6.93. The molecule has 10 nitrogen and oxygen atoms in total. The van der Waals surface area contributed by atoms with Crippen LogP contribution in [-0.2, 0) is 20.2 Å². The van der Waals surface area contributed by atoms with Crippen molar-refractivity contribution in [1.29, 1.82) is 0 Å². The Balaban J connectivity index is 1.71. The van der Waals surface area contributed by atoms with Crippen molar-refractivity contribution < 1.29 is 39.6 Å². The fourth-order valence-electron chi connectivity index (χ4n) is 3.12. The first kappa shape index (κ1) is 25.1. The lowest BCUT2D eigenvalue weighted by Gasteiger charge is -2.12. The van der Waals surface area contributed by atoms with Gasteiger partial charge in [-0.05, 0) is 23.4 Å². The van der Waals surface area contributed by atoms with Crippen LogP contribution in [0.4, 0.5) is 10.1 Å². The van der Waals surface area contributed by atoms with Gasteiger partial charge >= 0.3 is 15.8 Å². The molecule has 0 bridgehead atoms. The molecular formula is C21H18FNO9S2. The molecule has 0 saturated carbocycles. The molecule has 0 radical (unpaired) electrons. The van der Waals surface area contributed by atoms with Gasteiger partial charge in [0.2, 0.25) is 0 Å². The fraction of sp³-hybridized carbons (Fsp3) is 0.143. The molecule has 13 heteroatoms. The highest BCUT2D eigenvalue weighted by atomic mass is 32.2. The summed E-state index contributed by atoms with van der Waals surface area (Å²) < 4.78 is 80.4. The Morgan fingerprint density at radius 1 is 1.06 bits per heavy atom. The van der Waals surface area contributed by atoms with Gasteiger partial charge in [-0.2, -0.15) is 16.8 Å². The Bertz CT molecular complexity index is 1490. The van der Waals surface area contributed by atoms with Crippen molar-refractivity contribution in [2.45, 2.75) is 11.3 Å². The lowest BCUT2D eigenvalue weighted by Crippen LogP contribution is -2.16. The normalized spacial score (nSPS) is 11.8. The number of hydrogen-bond donors (Lipinski definition) is 1. The summed E-state index contributed by atoms with van der Waals surface area (Å²) in [6, 6.07) is 10.9. The lowest BCUT2D eigenvalue weighted by molar-refractivity contribution is -0.386. The predicted octanol–water partition coefficient (Wildman–Crippen LogP) is 3.95. The maximum atomic E-state index is 13.9. The zero-order chi connectivity index (χ0) is 25.1. The van der Waals surface area contributed by atoms with Crippen LogP contribution in [0.1, 0.15) is 12.0 Å². The van der Waals surface area contributed by atoms with Gasteiger partial charge in [-0.25, -0.2) is 4.39 Å². The maximum Gasteiger partial charge on any atom is 0.312 e. The van der Waals surface area contributed by atoms with Crippen molar-refractivity contribution in [1.82, 2.24) is 0 Å². The second-order valence-corrected chi connectivity index (χ2v) is 10.0. The first-order valence-electron chi connectivity index (χ1n) is 9.57. The van der Waals surface area contributed by atoms with Gasteiger partial charge in [-0.3, -0.25) is 14.7 Å². The van der Waals surface area contributed by atoms with Gasteiger partial charge in [-0.1, -0.05) is 43.0 Å². The molecule has 0 heterocycles. The summed E-state index contributed by atoms with van der Waals surface area (Å²) >= 11 is 0. The van der Waals surface area contributed by atoms with Gasteiger partial charge in [0.15, 0.2) is 5.75 Å². The molecule has 3 rings (SSSR count). The monoisotopic (exact) mass is 511 g/mol. The zero-order valence-electron chi connectivity index (χ0n) is 17.4. The molecule has 0 aliphatic heterocycles. The first-order valence-corrected chi connectivity index (χ1v) is 12.6. The number of rotatable bonds is 10. The molecule has 1 N–H and O–H groups in total. The third-order valence-corrected chi connectivity index (χ3v) is 6.73. The van der Waals surface area contributed by atoms with Crippen molar-refractivity contribution in [2.75, 3.05) is 12.4 Å². The van der Waals surface area contributed by atoms with E-state index in [4.69, 9.17) is 13.5 Å². The predicted molar refractivity (Wildman–Crippen MR) is 121 cm³/mol. The quantitative estimate of drug-likeness (QED) is 0.140. The molecule has 34 heavy (non-hydrogen) atoms. The first-order chi connectivity index (χ1) is 15.9. The number of nitro groups is 1. The van der Waals surface area contributed by atoms with E-state index in [1.807, 2.05) is 0 Å². The molecule has 0 atom stereocenters. The molecule has 0 aliphatic carbocycles. The van der Waals surface area contributed by atoms with Crippen LogP contribution in [0, 0.1) is 15.9 Å². The molecule has 3 aromatic carbocycles. The van der Waals surface area contributed by atoms with E-state index in [0.29, 0.717) is 17.5 Å². The average Bonchev–Trinajstić information content (AvgIpc) is 2.76. The minimum absolute atomic E-state index is 0.112. The number of benzene rings is 3. The molecule has 0 amide bonds. The third-order valence-electron chi connectivity index (χ3n) is 4.64. The van der Waals surface area contributed by atoms with Crippen LogP contribution in [0.5, 0.6) is 11.5 Å². The van der Waals surface area contributed by atoms with Crippen LogP contribution in [0.2, 0.25) is 0 Å². The summed E-state index contributed by atoms with van der Waals surface area (Å²) in [4.78, 5) is 8.86. The highest BCUT2D eigenvalue weighted by Gasteiger charge is 2.26. The zero-order valence-corrected chi connectivity index (χ0v) is 19.0. The summed E-state index contributed by atoms with van der Waals surface area (Å²) in [6.45, 7) is 3.33. The number of nitro benzene ring substituents is 1. The smallest absolute Gasteiger partial charge is 0.312 e. The standard InChI is InChI=1S/C21H18FNO9S2/c1-2-14-8-9-19(16-7-4-3-6-15(14)16)32-33(26,27)11-5-10-31-20-12-17(22)21(34(28,29)30)13-18(20)23(24)25/h2-4,6-9,12-13H,1,5,10-11H2,(H,28,29,30). The van der Waals surface area contributed by atoms with Gasteiger partial charge in [0, 0.05) is 17.5 Å². The van der Waals surface area contributed by atoms with E-state index in [9.17, 15) is 31.3 Å². The van der Waals surface area contributed by atoms with E-state index >= 15 is 0 Å². The Morgan fingerprint density at radius 3 is 2.35 bits per heavy atom. The third kappa shape index (κ3) is 5.68. The molecular weight excluding hydrogens is 493 g/mol. The van der Waals surface area contributed by atoms with Crippen LogP contribution >= 0.6 is 0 Å². The second kappa shape index (κ2) is 9.75. The molecule has 0 aromatic heterocycles. The molecule has 0 aliphatic rings. The highest BCUT2D eigenvalue weighted by molar-refractivity contribution is 7.87. The van der Waals surface area contributed by atoms with Gasteiger partial charge in [0.25, 0.3) is 10.1 Å². The van der Waals surface area contributed by atoms with E-state index in [-0.39, 0.29) is 18.8 Å². The molecule has 3 aromatic rings. The van der Waals surface area contributed by atoms with E-state index < -0.39 is 53.1 Å². The Morgan fingerprint density at radius 2 is 1.74 bits per heavy atom. The minimum atomic E-state index is -5.04. The molecule has 0 saturated heterocycles.